The quantitative estimate of drug-likeness (QED) is 0.597. The van der Waals surface area contributed by atoms with Crippen molar-refractivity contribution in [1.82, 2.24) is 19.8 Å². The van der Waals surface area contributed by atoms with Crippen LogP contribution in [0.2, 0.25) is 0 Å². The summed E-state index contributed by atoms with van der Waals surface area (Å²) >= 11 is 1.88. The molecule has 0 aromatic carbocycles. The number of carbonyl (C=O) groups excluding carboxylic acids is 1. The molecule has 1 saturated carbocycles. The van der Waals surface area contributed by atoms with Crippen molar-refractivity contribution in [2.45, 2.75) is 85.2 Å². The number of nitrogens with zero attached hydrogens (tertiary/aromatic N) is 4. The fraction of sp³-hybridized carbons (Fsp3) is 0.708. The number of rotatable bonds is 3. The predicted octanol–water partition coefficient (Wildman–Crippen LogP) is 5.55. The van der Waals surface area contributed by atoms with E-state index in [9.17, 15) is 4.79 Å². The van der Waals surface area contributed by atoms with E-state index in [-0.39, 0.29) is 23.9 Å². The van der Waals surface area contributed by atoms with Crippen molar-refractivity contribution >= 4 is 39.9 Å². The topological polar surface area (TPSA) is 49.3 Å². The second-order valence-corrected chi connectivity index (χ2v) is 11.8. The number of amides is 1. The van der Waals surface area contributed by atoms with Gasteiger partial charge < -0.3 is 4.90 Å². The minimum Gasteiger partial charge on any atom is -0.340 e. The molecule has 0 bridgehead atoms. The normalized spacial score (nSPS) is 21.8. The molecule has 31 heavy (non-hydrogen) atoms. The Morgan fingerprint density at radius 1 is 1.16 bits per heavy atom. The highest BCUT2D eigenvalue weighted by Gasteiger charge is 2.35. The third-order valence-electron chi connectivity index (χ3n) is 7.20. The molecule has 0 radical (unpaired) electrons. The van der Waals surface area contributed by atoms with Crippen LogP contribution >= 0.6 is 23.7 Å². The van der Waals surface area contributed by atoms with E-state index >= 15 is 0 Å². The summed E-state index contributed by atoms with van der Waals surface area (Å²) < 4.78 is 0. The van der Waals surface area contributed by atoms with E-state index in [0.29, 0.717) is 11.3 Å². The number of aryl methyl sites for hydroxylation is 1. The standard InChI is InChI=1S/C24H36N4OS.ClH/c1-16-25-20(14-28-12-11-27(17(2)29)15-24(28,5)6)19-13-21(30-22(19)26-16)18-7-9-23(3,4)10-8-18;/h13,18H,7-12,14-15H2,1-6H3;1H. The van der Waals surface area contributed by atoms with Gasteiger partial charge in [-0.2, -0.15) is 0 Å². The molecule has 1 saturated heterocycles. The lowest BCUT2D eigenvalue weighted by Crippen LogP contribution is -2.59. The number of hydrogen-bond acceptors (Lipinski definition) is 5. The third kappa shape index (κ3) is 5.23. The van der Waals surface area contributed by atoms with Crippen LogP contribution in [-0.4, -0.2) is 50.8 Å². The molecule has 1 amide bonds. The SMILES string of the molecule is CC(=O)N1CCN(Cc2nc(C)nc3sc(C4CCC(C)(C)CC4)cc23)C(C)(C)C1.Cl. The third-order valence-corrected chi connectivity index (χ3v) is 8.40. The highest BCUT2D eigenvalue weighted by Crippen LogP contribution is 2.45. The zero-order valence-electron chi connectivity index (χ0n) is 19.8. The highest BCUT2D eigenvalue weighted by molar-refractivity contribution is 7.18. The van der Waals surface area contributed by atoms with Crippen molar-refractivity contribution in [3.05, 3.63) is 22.5 Å². The summed E-state index contributed by atoms with van der Waals surface area (Å²) in [5.41, 5.74) is 1.56. The fourth-order valence-corrected chi connectivity index (χ4v) is 6.32. The van der Waals surface area contributed by atoms with E-state index in [1.807, 2.05) is 23.2 Å². The first-order chi connectivity index (χ1) is 14.0. The van der Waals surface area contributed by atoms with Gasteiger partial charge in [0.05, 0.1) is 5.69 Å². The van der Waals surface area contributed by atoms with E-state index in [2.05, 4.69) is 38.7 Å². The zero-order valence-corrected chi connectivity index (χ0v) is 21.5. The second kappa shape index (κ2) is 8.95. The lowest BCUT2D eigenvalue weighted by atomic mass is 9.73. The number of hydrogen-bond donors (Lipinski definition) is 0. The summed E-state index contributed by atoms with van der Waals surface area (Å²) in [5, 5.41) is 1.23. The Kier molecular flexibility index (Phi) is 7.05. The summed E-state index contributed by atoms with van der Waals surface area (Å²) in [6.45, 7) is 16.2. The molecule has 3 heterocycles. The summed E-state index contributed by atoms with van der Waals surface area (Å²) in [4.78, 5) is 28.6. The van der Waals surface area contributed by atoms with Gasteiger partial charge in [-0.25, -0.2) is 9.97 Å². The Morgan fingerprint density at radius 2 is 1.84 bits per heavy atom. The maximum atomic E-state index is 11.9. The molecule has 0 spiro atoms. The average Bonchev–Trinajstić information content (AvgIpc) is 3.06. The van der Waals surface area contributed by atoms with Crippen molar-refractivity contribution in [1.29, 1.82) is 0 Å². The van der Waals surface area contributed by atoms with Gasteiger partial charge in [-0.3, -0.25) is 9.69 Å². The monoisotopic (exact) mass is 464 g/mol. The summed E-state index contributed by atoms with van der Waals surface area (Å²) in [6.07, 6.45) is 5.17. The maximum Gasteiger partial charge on any atom is 0.219 e. The van der Waals surface area contributed by atoms with Crippen LogP contribution in [0.15, 0.2) is 6.07 Å². The molecule has 2 aromatic rings. The lowest BCUT2D eigenvalue weighted by molar-refractivity contribution is -0.134. The molecule has 5 nitrogen and oxygen atoms in total. The van der Waals surface area contributed by atoms with Gasteiger partial charge in [0.1, 0.15) is 10.7 Å². The van der Waals surface area contributed by atoms with Gasteiger partial charge in [-0.1, -0.05) is 13.8 Å². The molecule has 2 aliphatic rings. The number of aromatic nitrogens is 2. The fourth-order valence-electron chi connectivity index (χ4n) is 5.06. The van der Waals surface area contributed by atoms with Crippen molar-refractivity contribution in [3.63, 3.8) is 0 Å². The minimum absolute atomic E-state index is 0. The molecule has 1 aliphatic carbocycles. The van der Waals surface area contributed by atoms with Crippen LogP contribution in [0.4, 0.5) is 0 Å². The highest BCUT2D eigenvalue weighted by atomic mass is 35.5. The Labute approximate surface area is 197 Å². The molecular formula is C24H37ClN4OS. The van der Waals surface area contributed by atoms with Gasteiger partial charge in [-0.05, 0) is 63.9 Å². The van der Waals surface area contributed by atoms with Crippen LogP contribution in [0.3, 0.4) is 0 Å². The molecule has 0 unspecified atom stereocenters. The van der Waals surface area contributed by atoms with Crippen LogP contribution in [0, 0.1) is 12.3 Å². The Balaban J connectivity index is 0.00000272. The van der Waals surface area contributed by atoms with E-state index < -0.39 is 0 Å². The van der Waals surface area contributed by atoms with E-state index in [0.717, 1.165) is 42.5 Å². The molecule has 7 heteroatoms. The predicted molar refractivity (Wildman–Crippen MR) is 131 cm³/mol. The average molecular weight is 465 g/mol. The minimum atomic E-state index is -0.0666. The van der Waals surface area contributed by atoms with Crippen molar-refractivity contribution in [3.8, 4) is 0 Å². The number of piperazine rings is 1. The number of fused-ring (bicyclic) bond motifs is 1. The number of halogens is 1. The Hall–Kier alpha value is -1.24. The van der Waals surface area contributed by atoms with Crippen LogP contribution in [0.5, 0.6) is 0 Å². The van der Waals surface area contributed by atoms with Crippen LogP contribution < -0.4 is 0 Å². The first kappa shape index (κ1) is 24.4. The molecule has 2 aromatic heterocycles. The number of carbonyl (C=O) groups is 1. The first-order valence-electron chi connectivity index (χ1n) is 11.3. The van der Waals surface area contributed by atoms with E-state index in [1.165, 1.54) is 35.9 Å². The molecule has 0 N–H and O–H groups in total. The number of thiophene rings is 1. The smallest absolute Gasteiger partial charge is 0.219 e. The molecule has 0 atom stereocenters. The Bertz CT molecular complexity index is 944. The van der Waals surface area contributed by atoms with Crippen molar-refractivity contribution < 1.29 is 4.79 Å². The molecule has 1 aliphatic heterocycles. The summed E-state index contributed by atoms with van der Waals surface area (Å²) in [6, 6.07) is 2.39. The van der Waals surface area contributed by atoms with Crippen molar-refractivity contribution in [2.75, 3.05) is 19.6 Å². The largest absolute Gasteiger partial charge is 0.340 e. The van der Waals surface area contributed by atoms with E-state index in [1.54, 1.807) is 6.92 Å². The Morgan fingerprint density at radius 3 is 2.45 bits per heavy atom. The van der Waals surface area contributed by atoms with Gasteiger partial charge in [0.25, 0.3) is 0 Å². The molecule has 4 rings (SSSR count). The van der Waals surface area contributed by atoms with Crippen LogP contribution in [-0.2, 0) is 11.3 Å². The van der Waals surface area contributed by atoms with Gasteiger partial charge in [0.15, 0.2) is 0 Å². The van der Waals surface area contributed by atoms with Gasteiger partial charge in [0.2, 0.25) is 5.91 Å². The van der Waals surface area contributed by atoms with Gasteiger partial charge in [0, 0.05) is 48.9 Å². The molecular weight excluding hydrogens is 428 g/mol. The van der Waals surface area contributed by atoms with E-state index in [4.69, 9.17) is 9.97 Å². The molecule has 172 valence electrons. The van der Waals surface area contributed by atoms with Crippen molar-refractivity contribution in [2.24, 2.45) is 5.41 Å². The second-order valence-electron chi connectivity index (χ2n) is 10.7. The lowest BCUT2D eigenvalue weighted by Gasteiger charge is -2.46. The van der Waals surface area contributed by atoms with Gasteiger partial charge >= 0.3 is 0 Å². The van der Waals surface area contributed by atoms with Gasteiger partial charge in [-0.15, -0.1) is 23.7 Å². The van der Waals surface area contributed by atoms with Crippen LogP contribution in [0.25, 0.3) is 10.2 Å². The van der Waals surface area contributed by atoms with Crippen LogP contribution in [0.1, 0.15) is 82.6 Å². The first-order valence-corrected chi connectivity index (χ1v) is 12.1. The zero-order chi connectivity index (χ0) is 21.7. The summed E-state index contributed by atoms with van der Waals surface area (Å²) in [5.74, 6) is 1.69. The molecule has 2 fully saturated rings. The summed E-state index contributed by atoms with van der Waals surface area (Å²) in [7, 11) is 0. The maximum absolute atomic E-state index is 11.9.